The monoisotopic (exact) mass is 309 g/mol. The lowest BCUT2D eigenvalue weighted by Gasteiger charge is -2.28. The largest absolute Gasteiger partial charge is 0.753 e. The van der Waals surface area contributed by atoms with E-state index in [1.54, 1.807) is 0 Å². The van der Waals surface area contributed by atoms with Gasteiger partial charge in [-0.25, -0.2) is 0 Å². The third kappa shape index (κ3) is 11.4. The van der Waals surface area contributed by atoms with E-state index in [-0.39, 0.29) is 0 Å². The highest BCUT2D eigenvalue weighted by molar-refractivity contribution is 7.45. The van der Waals surface area contributed by atoms with Crippen molar-refractivity contribution in [1.82, 2.24) is 0 Å². The molecule has 1 atom stereocenters. The van der Waals surface area contributed by atoms with Gasteiger partial charge in [0.05, 0.1) is 26.7 Å². The summed E-state index contributed by atoms with van der Waals surface area (Å²) in [6.45, 7) is 4.40. The zero-order valence-corrected chi connectivity index (χ0v) is 12.0. The molecular weight excluding hydrogens is 289 g/mol. The molecule has 4 nitrogen and oxygen atoms in total. The van der Waals surface area contributed by atoms with Gasteiger partial charge in [0.25, 0.3) is 0 Å². The second-order valence-corrected chi connectivity index (χ2v) is 5.94. The molecule has 19 heavy (non-hydrogen) atoms. The molecule has 0 amide bonds. The first-order valence-electron chi connectivity index (χ1n) is 6.03. The molecule has 0 aromatic rings. The Hall–Kier alpha value is -0.170. The molecule has 1 rings (SSSR count). The van der Waals surface area contributed by atoms with Gasteiger partial charge in [0.15, 0.2) is 6.61 Å². The highest BCUT2D eigenvalue weighted by Gasteiger charge is 2.29. The van der Waals surface area contributed by atoms with Gasteiger partial charge in [0, 0.05) is 12.8 Å². The van der Waals surface area contributed by atoms with E-state index >= 15 is 0 Å². The minimum Gasteiger partial charge on any atom is -0.753 e. The summed E-state index contributed by atoms with van der Waals surface area (Å²) in [5.41, 5.74) is 0. The Morgan fingerprint density at radius 2 is 1.79 bits per heavy atom. The first-order valence-corrected chi connectivity index (χ1v) is 7.46. The molecule has 0 aromatic carbocycles. The van der Waals surface area contributed by atoms with E-state index in [9.17, 15) is 26.8 Å². The molecule has 1 aliphatic heterocycles. The Balaban J connectivity index is 0.000000342. The smallest absolute Gasteiger partial charge is 0.412 e. The van der Waals surface area contributed by atoms with Crippen molar-refractivity contribution in [3.63, 3.8) is 0 Å². The summed E-state index contributed by atoms with van der Waals surface area (Å²) in [5.74, 6) is 0. The van der Waals surface area contributed by atoms with Crippen molar-refractivity contribution in [2.75, 3.05) is 33.3 Å². The Labute approximate surface area is 110 Å². The van der Waals surface area contributed by atoms with Crippen LogP contribution in [0.1, 0.15) is 26.2 Å². The van der Waals surface area contributed by atoms with E-state index in [0.717, 1.165) is 0 Å². The summed E-state index contributed by atoms with van der Waals surface area (Å²) in [6.07, 6.45) is -0.574. The number of rotatable bonds is 4. The fraction of sp³-hybridized carbons (Fsp3) is 1.00. The highest BCUT2D eigenvalue weighted by Crippen LogP contribution is 2.39. The summed E-state index contributed by atoms with van der Waals surface area (Å²) in [4.78, 5) is 9.32. The van der Waals surface area contributed by atoms with Crippen molar-refractivity contribution >= 4 is 7.91 Å². The van der Waals surface area contributed by atoms with Crippen LogP contribution in [0.15, 0.2) is 0 Å². The number of halogens is 4. The zero-order chi connectivity index (χ0) is 15.2. The number of hydrogen-bond acceptors (Lipinski definition) is 3. The Bertz CT molecular complexity index is 300. The fourth-order valence-electron chi connectivity index (χ4n) is 2.01. The highest BCUT2D eigenvalue weighted by atomic mass is 31.2. The molecule has 0 aromatic heterocycles. The minimum atomic E-state index is -5.73. The van der Waals surface area contributed by atoms with E-state index < -0.39 is 20.7 Å². The SMILES string of the molecule is CCC[N+]1(C)CCCC1.O=P([O-])(F)OCC(F)(F)F. The van der Waals surface area contributed by atoms with Crippen LogP contribution < -0.4 is 4.89 Å². The normalized spacial score (nSPS) is 21.4. The number of alkyl halides is 3. The Kier molecular flexibility index (Phi) is 7.50. The predicted molar refractivity (Wildman–Crippen MR) is 61.0 cm³/mol. The summed E-state index contributed by atoms with van der Waals surface area (Å²) in [7, 11) is -3.35. The number of quaternary nitrogens is 1. The van der Waals surface area contributed by atoms with Gasteiger partial charge in [-0.1, -0.05) is 6.92 Å². The lowest BCUT2D eigenvalue weighted by molar-refractivity contribution is -0.897. The molecule has 1 aliphatic rings. The van der Waals surface area contributed by atoms with Crippen LogP contribution in [0.2, 0.25) is 0 Å². The topological polar surface area (TPSA) is 49.4 Å². The maximum atomic E-state index is 11.2. The number of hydrogen-bond donors (Lipinski definition) is 0. The van der Waals surface area contributed by atoms with Crippen LogP contribution in [0.4, 0.5) is 17.4 Å². The zero-order valence-electron chi connectivity index (χ0n) is 11.1. The Morgan fingerprint density at radius 3 is 2.05 bits per heavy atom. The molecule has 9 heteroatoms. The molecular formula is C10H20F4NO3P. The van der Waals surface area contributed by atoms with Crippen LogP contribution in [0.25, 0.3) is 0 Å². The molecule has 0 N–H and O–H groups in total. The molecule has 1 unspecified atom stereocenters. The summed E-state index contributed by atoms with van der Waals surface area (Å²) >= 11 is 0. The van der Waals surface area contributed by atoms with Gasteiger partial charge in [-0.05, 0) is 6.42 Å². The predicted octanol–water partition coefficient (Wildman–Crippen LogP) is 2.64. The molecule has 1 fully saturated rings. The molecule has 0 radical (unpaired) electrons. The van der Waals surface area contributed by atoms with Gasteiger partial charge in [-0.3, -0.25) is 4.57 Å². The van der Waals surface area contributed by atoms with E-state index in [0.29, 0.717) is 0 Å². The fourth-order valence-corrected chi connectivity index (χ4v) is 2.31. The van der Waals surface area contributed by atoms with E-state index in [1.165, 1.54) is 43.4 Å². The van der Waals surface area contributed by atoms with Gasteiger partial charge in [-0.2, -0.15) is 17.4 Å². The van der Waals surface area contributed by atoms with Crippen LogP contribution in [0.3, 0.4) is 0 Å². The van der Waals surface area contributed by atoms with Crippen LogP contribution in [0, 0.1) is 0 Å². The van der Waals surface area contributed by atoms with Crippen molar-refractivity contribution in [2.24, 2.45) is 0 Å². The van der Waals surface area contributed by atoms with Crippen LogP contribution in [-0.2, 0) is 9.09 Å². The second-order valence-electron chi connectivity index (χ2n) is 4.82. The lowest BCUT2D eigenvalue weighted by atomic mass is 10.4. The minimum absolute atomic E-state index is 1.34. The van der Waals surface area contributed by atoms with Gasteiger partial charge in [-0.15, -0.1) is 0 Å². The average molecular weight is 309 g/mol. The number of likely N-dealkylation sites (tertiary alicyclic amines) is 1. The van der Waals surface area contributed by atoms with Crippen molar-refractivity contribution in [2.45, 2.75) is 32.4 Å². The number of nitrogens with zero attached hydrogens (tertiary/aromatic N) is 1. The summed E-state index contributed by atoms with van der Waals surface area (Å²) < 4.78 is 57.8. The average Bonchev–Trinajstić information content (AvgIpc) is 2.62. The second kappa shape index (κ2) is 7.57. The maximum absolute atomic E-state index is 11.2. The molecule has 0 saturated carbocycles. The molecule has 0 spiro atoms. The molecule has 116 valence electrons. The van der Waals surface area contributed by atoms with Gasteiger partial charge in [0.2, 0.25) is 0 Å². The van der Waals surface area contributed by atoms with Gasteiger partial charge in [0.1, 0.15) is 0 Å². The van der Waals surface area contributed by atoms with E-state index in [4.69, 9.17) is 0 Å². The lowest BCUT2D eigenvalue weighted by Crippen LogP contribution is -2.41. The van der Waals surface area contributed by atoms with Crippen LogP contribution in [-0.4, -0.2) is 43.9 Å². The van der Waals surface area contributed by atoms with E-state index in [2.05, 4.69) is 18.5 Å². The first kappa shape index (κ1) is 18.8. The molecule has 1 heterocycles. The molecule has 0 bridgehead atoms. The van der Waals surface area contributed by atoms with E-state index in [1.807, 2.05) is 0 Å². The van der Waals surface area contributed by atoms with Crippen LogP contribution in [0.5, 0.6) is 0 Å². The van der Waals surface area contributed by atoms with Crippen LogP contribution >= 0.6 is 7.91 Å². The third-order valence-corrected chi connectivity index (χ3v) is 3.23. The molecule has 0 aliphatic carbocycles. The summed E-state index contributed by atoms with van der Waals surface area (Å²) in [5, 5.41) is 0. The maximum Gasteiger partial charge on any atom is 0.412 e. The quantitative estimate of drug-likeness (QED) is 0.456. The van der Waals surface area contributed by atoms with Crippen molar-refractivity contribution in [3.8, 4) is 0 Å². The van der Waals surface area contributed by atoms with Crippen molar-refractivity contribution < 1.29 is 35.8 Å². The third-order valence-electron chi connectivity index (χ3n) is 2.79. The van der Waals surface area contributed by atoms with Crippen molar-refractivity contribution in [1.29, 1.82) is 0 Å². The van der Waals surface area contributed by atoms with Gasteiger partial charge >= 0.3 is 14.1 Å². The molecule has 1 saturated heterocycles. The first-order chi connectivity index (χ1) is 8.47. The summed E-state index contributed by atoms with van der Waals surface area (Å²) in [6, 6.07) is 0. The Morgan fingerprint density at radius 1 is 1.32 bits per heavy atom. The van der Waals surface area contributed by atoms with Gasteiger partial charge < -0.3 is 13.9 Å². The standard InChI is InChI=1S/C8H18N.C2H3F4O3P/c1-3-6-9(2)7-4-5-8-9;3-2(4,5)1-9-10(6,7)8/h3-8H2,1-2H3;1H2,(H,7,8)/q+1;/p-1. The van der Waals surface area contributed by atoms with Crippen molar-refractivity contribution in [3.05, 3.63) is 0 Å².